The number of amides is 2. The molecular formula is C38H53N5O5. The number of aliphatic hydroxyl groups excluding tert-OH is 1. The van der Waals surface area contributed by atoms with Crippen LogP contribution >= 0.6 is 0 Å². The Bertz CT molecular complexity index is 1500. The number of benzene rings is 3. The van der Waals surface area contributed by atoms with Crippen LogP contribution in [0.5, 0.6) is 5.75 Å². The van der Waals surface area contributed by atoms with Crippen LogP contribution in [0.25, 0.3) is 0 Å². The van der Waals surface area contributed by atoms with Crippen molar-refractivity contribution < 1.29 is 24.2 Å². The minimum Gasteiger partial charge on any atom is -0.490 e. The van der Waals surface area contributed by atoms with E-state index in [1.807, 2.05) is 87.4 Å². The minimum absolute atomic E-state index is 0.0230. The number of para-hydroxylation sites is 2. The van der Waals surface area contributed by atoms with Crippen molar-refractivity contribution in [2.45, 2.75) is 64.8 Å². The number of nitrogen functional groups attached to an aromatic ring is 1. The standard InChI is InChI=1S/C38H53N5O5/c1-26-22-43(27(2)25-44)38(46)32-21-31(41(4)5)18-19-35(32)48-28(3)11-9-10-20-47-36(26)24-42(6)23-29-14-16-30(17-15-29)37(45)40-34-13-8-7-12-33(34)39/h7-8,12-19,21,26-28,36,44H,9-11,20,22-25,39H2,1-6H3,(H,40,45)/t26-,27-,28+,36+/m1/s1. The molecule has 48 heavy (non-hydrogen) atoms. The van der Waals surface area contributed by atoms with Gasteiger partial charge in [0.2, 0.25) is 0 Å². The molecule has 3 aromatic rings. The number of hydrogen-bond acceptors (Lipinski definition) is 8. The van der Waals surface area contributed by atoms with Gasteiger partial charge in [0.15, 0.2) is 0 Å². The Morgan fingerprint density at radius 1 is 1.06 bits per heavy atom. The van der Waals surface area contributed by atoms with Gasteiger partial charge in [-0.2, -0.15) is 0 Å². The molecular weight excluding hydrogens is 606 g/mol. The molecule has 0 saturated carbocycles. The Morgan fingerprint density at radius 3 is 2.48 bits per heavy atom. The van der Waals surface area contributed by atoms with E-state index >= 15 is 0 Å². The molecule has 0 aliphatic carbocycles. The van der Waals surface area contributed by atoms with Crippen LogP contribution < -0.4 is 20.7 Å². The van der Waals surface area contributed by atoms with Gasteiger partial charge in [0, 0.05) is 57.5 Å². The third kappa shape index (κ3) is 9.95. The highest BCUT2D eigenvalue weighted by molar-refractivity contribution is 6.05. The zero-order valence-corrected chi connectivity index (χ0v) is 29.3. The van der Waals surface area contributed by atoms with Crippen molar-refractivity contribution in [3.63, 3.8) is 0 Å². The first-order valence-corrected chi connectivity index (χ1v) is 16.9. The number of hydrogen-bond donors (Lipinski definition) is 3. The number of ether oxygens (including phenoxy) is 2. The summed E-state index contributed by atoms with van der Waals surface area (Å²) in [6.45, 7) is 8.18. The van der Waals surface area contributed by atoms with Gasteiger partial charge in [0.05, 0.1) is 41.8 Å². The summed E-state index contributed by atoms with van der Waals surface area (Å²) in [6, 6.07) is 20.1. The van der Waals surface area contributed by atoms with Crippen LogP contribution in [0.1, 0.15) is 66.3 Å². The summed E-state index contributed by atoms with van der Waals surface area (Å²) in [4.78, 5) is 33.0. The molecule has 1 aliphatic heterocycles. The summed E-state index contributed by atoms with van der Waals surface area (Å²) in [5, 5.41) is 13.1. The maximum absolute atomic E-state index is 14.2. The van der Waals surface area contributed by atoms with E-state index in [0.717, 1.165) is 30.5 Å². The normalized spacial score (nSPS) is 20.0. The monoisotopic (exact) mass is 659 g/mol. The molecule has 10 heteroatoms. The van der Waals surface area contributed by atoms with Crippen LogP contribution in [0.3, 0.4) is 0 Å². The number of rotatable bonds is 9. The minimum atomic E-state index is -0.395. The fourth-order valence-corrected chi connectivity index (χ4v) is 5.90. The lowest BCUT2D eigenvalue weighted by Gasteiger charge is -2.36. The second kappa shape index (κ2) is 17.3. The first-order valence-electron chi connectivity index (χ1n) is 16.9. The summed E-state index contributed by atoms with van der Waals surface area (Å²) in [6.07, 6.45) is 2.48. The van der Waals surface area contributed by atoms with E-state index in [1.54, 1.807) is 17.0 Å². The van der Waals surface area contributed by atoms with E-state index in [4.69, 9.17) is 15.2 Å². The maximum atomic E-state index is 14.2. The van der Waals surface area contributed by atoms with Gasteiger partial charge >= 0.3 is 0 Å². The van der Waals surface area contributed by atoms with Crippen molar-refractivity contribution in [3.8, 4) is 5.75 Å². The number of nitrogens with two attached hydrogens (primary N) is 1. The van der Waals surface area contributed by atoms with Crippen LogP contribution in [0.15, 0.2) is 66.7 Å². The lowest BCUT2D eigenvalue weighted by molar-refractivity contribution is -0.0177. The van der Waals surface area contributed by atoms with Gasteiger partial charge < -0.3 is 35.4 Å². The first kappa shape index (κ1) is 36.7. The van der Waals surface area contributed by atoms with Crippen molar-refractivity contribution in [1.29, 1.82) is 0 Å². The van der Waals surface area contributed by atoms with Crippen LogP contribution in [-0.4, -0.2) is 92.4 Å². The highest BCUT2D eigenvalue weighted by Crippen LogP contribution is 2.29. The number of nitrogens with zero attached hydrogens (tertiary/aromatic N) is 3. The third-order valence-corrected chi connectivity index (χ3v) is 8.92. The molecule has 1 aliphatic rings. The Labute approximate surface area is 285 Å². The highest BCUT2D eigenvalue weighted by atomic mass is 16.5. The molecule has 0 unspecified atom stereocenters. The van der Waals surface area contributed by atoms with E-state index in [1.165, 1.54) is 0 Å². The van der Waals surface area contributed by atoms with Gasteiger partial charge in [0.1, 0.15) is 5.75 Å². The molecule has 4 N–H and O–H groups in total. The van der Waals surface area contributed by atoms with E-state index < -0.39 is 6.04 Å². The Morgan fingerprint density at radius 2 is 1.79 bits per heavy atom. The molecule has 4 rings (SSSR count). The van der Waals surface area contributed by atoms with Crippen molar-refractivity contribution >= 4 is 28.9 Å². The van der Waals surface area contributed by atoms with Gasteiger partial charge in [-0.05, 0) is 88.2 Å². The van der Waals surface area contributed by atoms with Crippen LogP contribution in [-0.2, 0) is 11.3 Å². The topological polar surface area (TPSA) is 121 Å². The lowest BCUT2D eigenvalue weighted by Crippen LogP contribution is -2.47. The maximum Gasteiger partial charge on any atom is 0.258 e. The molecule has 0 radical (unpaired) electrons. The Hall–Kier alpha value is -4.12. The van der Waals surface area contributed by atoms with Crippen molar-refractivity contribution in [2.75, 3.05) is 63.4 Å². The highest BCUT2D eigenvalue weighted by Gasteiger charge is 2.30. The van der Waals surface area contributed by atoms with Gasteiger partial charge in [-0.1, -0.05) is 31.2 Å². The largest absolute Gasteiger partial charge is 0.490 e. The molecule has 10 nitrogen and oxygen atoms in total. The summed E-state index contributed by atoms with van der Waals surface area (Å²) < 4.78 is 12.8. The predicted molar refractivity (Wildman–Crippen MR) is 193 cm³/mol. The summed E-state index contributed by atoms with van der Waals surface area (Å²) in [5.41, 5.74) is 10.1. The molecule has 260 valence electrons. The zero-order chi connectivity index (χ0) is 34.8. The van der Waals surface area contributed by atoms with Crippen molar-refractivity contribution in [1.82, 2.24) is 9.80 Å². The molecule has 0 spiro atoms. The average molecular weight is 660 g/mol. The Balaban J connectivity index is 1.49. The molecule has 2 amide bonds. The van der Waals surface area contributed by atoms with Gasteiger partial charge in [-0.3, -0.25) is 14.5 Å². The number of aliphatic hydroxyl groups is 1. The number of carbonyl (C=O) groups is 2. The zero-order valence-electron chi connectivity index (χ0n) is 29.3. The molecule has 1 heterocycles. The molecule has 0 bridgehead atoms. The smallest absolute Gasteiger partial charge is 0.258 e. The quantitative estimate of drug-likeness (QED) is 0.257. The summed E-state index contributed by atoms with van der Waals surface area (Å²) >= 11 is 0. The van der Waals surface area contributed by atoms with Crippen LogP contribution in [0, 0.1) is 5.92 Å². The molecule has 0 saturated heterocycles. The van der Waals surface area contributed by atoms with Gasteiger partial charge in [-0.25, -0.2) is 0 Å². The van der Waals surface area contributed by atoms with Crippen molar-refractivity contribution in [3.05, 3.63) is 83.4 Å². The number of nitrogens with one attached hydrogen (secondary N) is 1. The second-order valence-corrected chi connectivity index (χ2v) is 13.3. The fraction of sp³-hybridized carbons (Fsp3) is 0.474. The average Bonchev–Trinajstić information content (AvgIpc) is 3.06. The summed E-state index contributed by atoms with van der Waals surface area (Å²) in [5.74, 6) is 0.161. The number of fused-ring (bicyclic) bond motifs is 1. The van der Waals surface area contributed by atoms with E-state index in [-0.39, 0.29) is 36.5 Å². The predicted octanol–water partition coefficient (Wildman–Crippen LogP) is 5.51. The first-order chi connectivity index (χ1) is 23.0. The molecule has 0 aromatic heterocycles. The molecule has 3 aromatic carbocycles. The lowest BCUT2D eigenvalue weighted by atomic mass is 10.0. The van der Waals surface area contributed by atoms with Crippen LogP contribution in [0.4, 0.5) is 17.1 Å². The van der Waals surface area contributed by atoms with E-state index in [2.05, 4.69) is 24.2 Å². The third-order valence-electron chi connectivity index (χ3n) is 8.92. The molecule has 4 atom stereocenters. The molecule has 0 fully saturated rings. The Kier molecular flexibility index (Phi) is 13.3. The van der Waals surface area contributed by atoms with Crippen molar-refractivity contribution in [2.24, 2.45) is 5.92 Å². The van der Waals surface area contributed by atoms with Gasteiger partial charge in [-0.15, -0.1) is 0 Å². The fourth-order valence-electron chi connectivity index (χ4n) is 5.90. The van der Waals surface area contributed by atoms with Crippen LogP contribution in [0.2, 0.25) is 0 Å². The van der Waals surface area contributed by atoms with Gasteiger partial charge in [0.25, 0.3) is 11.8 Å². The second-order valence-electron chi connectivity index (χ2n) is 13.3. The van der Waals surface area contributed by atoms with E-state index in [9.17, 15) is 14.7 Å². The summed E-state index contributed by atoms with van der Waals surface area (Å²) in [7, 11) is 5.94. The number of likely N-dealkylation sites (N-methyl/N-ethyl adjacent to an activating group) is 1. The van der Waals surface area contributed by atoms with E-state index in [0.29, 0.717) is 54.5 Å². The number of carbonyl (C=O) groups excluding carboxylic acids is 2. The number of anilines is 3. The SMILES string of the molecule is C[C@@H]1CN([C@H](C)CO)C(=O)c2cc(N(C)C)ccc2O[C@@H](C)CCCCO[C@H]1CN(C)Cc1ccc(C(=O)Nc2ccccc2N)cc1.